The minimum absolute atomic E-state index is 0. The first-order chi connectivity index (χ1) is 3.39. The average molecular weight is 175 g/mol. The van der Waals surface area contributed by atoms with Crippen molar-refractivity contribution in [3.05, 3.63) is 35.4 Å². The summed E-state index contributed by atoms with van der Waals surface area (Å²) in [5, 5.41) is 0.794. The van der Waals surface area contributed by atoms with Crippen molar-refractivity contribution in [2.24, 2.45) is 0 Å². The van der Waals surface area contributed by atoms with Gasteiger partial charge in [-0.25, -0.2) is 0 Å². The van der Waals surface area contributed by atoms with Crippen LogP contribution in [0.5, 0.6) is 0 Å². The molecule has 1 rings (SSSR count). The molecule has 1 aromatic carbocycles. The largest absolute Gasteiger partial charge is 2.00 e. The Morgan fingerprint density at radius 3 is 1.78 bits per heavy atom. The molecule has 0 saturated carbocycles. The summed E-state index contributed by atoms with van der Waals surface area (Å²) in [4.78, 5) is 0. The number of benzene rings is 1. The summed E-state index contributed by atoms with van der Waals surface area (Å²) >= 11 is 5.54. The number of hydrogen-bond acceptors (Lipinski definition) is 0. The fourth-order valence-electron chi connectivity index (χ4n) is 0.415. The van der Waals surface area contributed by atoms with E-state index < -0.39 is 0 Å². The summed E-state index contributed by atoms with van der Waals surface area (Å²) in [7, 11) is 0. The standard InChI is InChI=1S/C6H5Cl.ClH.Mg.2H/c7-6-4-2-1-3-5-6;;;;/h1-5H;1H;;;/q;;+2;2*-1. The Balaban J connectivity index is -0.0000000612. The van der Waals surface area contributed by atoms with Crippen LogP contribution >= 0.6 is 24.0 Å². The molecular formula is C6H8Cl2Mg. The van der Waals surface area contributed by atoms with E-state index in [0.717, 1.165) is 5.02 Å². The molecule has 0 aliphatic carbocycles. The smallest absolute Gasteiger partial charge is 1.00 e. The van der Waals surface area contributed by atoms with E-state index in [1.165, 1.54) is 0 Å². The maximum absolute atomic E-state index is 5.54. The fourth-order valence-corrected chi connectivity index (χ4v) is 0.560. The van der Waals surface area contributed by atoms with E-state index in [1.54, 1.807) is 0 Å². The molecule has 0 atom stereocenters. The van der Waals surface area contributed by atoms with Crippen LogP contribution in [0.1, 0.15) is 2.85 Å². The Labute approximate surface area is 85.1 Å². The summed E-state index contributed by atoms with van der Waals surface area (Å²) in [6.45, 7) is 0. The third-order valence-corrected chi connectivity index (χ3v) is 0.985. The van der Waals surface area contributed by atoms with Gasteiger partial charge >= 0.3 is 23.1 Å². The van der Waals surface area contributed by atoms with Crippen molar-refractivity contribution in [3.8, 4) is 0 Å². The zero-order valence-corrected chi connectivity index (χ0v) is 7.87. The van der Waals surface area contributed by atoms with Crippen LogP contribution in [0.25, 0.3) is 0 Å². The van der Waals surface area contributed by atoms with Gasteiger partial charge in [-0.2, -0.15) is 0 Å². The van der Waals surface area contributed by atoms with Crippen molar-refractivity contribution in [1.82, 2.24) is 0 Å². The zero-order chi connectivity index (χ0) is 5.11. The topological polar surface area (TPSA) is 0 Å². The number of halogens is 2. The molecular weight excluding hydrogens is 167 g/mol. The van der Waals surface area contributed by atoms with E-state index in [0.29, 0.717) is 0 Å². The van der Waals surface area contributed by atoms with Gasteiger partial charge in [0.2, 0.25) is 0 Å². The van der Waals surface area contributed by atoms with E-state index in [2.05, 4.69) is 0 Å². The summed E-state index contributed by atoms with van der Waals surface area (Å²) in [5.74, 6) is 0. The van der Waals surface area contributed by atoms with Crippen molar-refractivity contribution in [3.63, 3.8) is 0 Å². The molecule has 0 aliphatic heterocycles. The third-order valence-electron chi connectivity index (χ3n) is 0.733. The van der Waals surface area contributed by atoms with E-state index in [9.17, 15) is 0 Å². The van der Waals surface area contributed by atoms with E-state index in [-0.39, 0.29) is 38.3 Å². The Kier molecular flexibility index (Phi) is 9.11. The van der Waals surface area contributed by atoms with Crippen molar-refractivity contribution < 1.29 is 2.85 Å². The predicted molar refractivity (Wildman–Crippen MR) is 46.7 cm³/mol. The molecule has 0 bridgehead atoms. The van der Waals surface area contributed by atoms with Crippen LogP contribution in [0.15, 0.2) is 30.3 Å². The van der Waals surface area contributed by atoms with E-state index in [4.69, 9.17) is 11.6 Å². The first kappa shape index (κ1) is 12.3. The van der Waals surface area contributed by atoms with Crippen molar-refractivity contribution >= 4 is 47.1 Å². The van der Waals surface area contributed by atoms with Gasteiger partial charge in [0.15, 0.2) is 0 Å². The molecule has 0 N–H and O–H groups in total. The molecule has 0 radical (unpaired) electrons. The van der Waals surface area contributed by atoms with Gasteiger partial charge in [0.25, 0.3) is 0 Å². The molecule has 9 heavy (non-hydrogen) atoms. The summed E-state index contributed by atoms with van der Waals surface area (Å²) in [6, 6.07) is 9.44. The zero-order valence-electron chi connectivity index (χ0n) is 6.88. The molecule has 0 heterocycles. The van der Waals surface area contributed by atoms with Crippen LogP contribution in [0.4, 0.5) is 0 Å². The van der Waals surface area contributed by atoms with Crippen LogP contribution in [-0.4, -0.2) is 23.1 Å². The summed E-state index contributed by atoms with van der Waals surface area (Å²) < 4.78 is 0. The Hall–Kier alpha value is 0.566. The molecule has 0 spiro atoms. The molecule has 0 unspecified atom stereocenters. The van der Waals surface area contributed by atoms with Crippen LogP contribution < -0.4 is 0 Å². The molecule has 0 fully saturated rings. The Bertz CT molecular complexity index is 149. The maximum Gasteiger partial charge on any atom is 2.00 e. The third kappa shape index (κ3) is 5.03. The van der Waals surface area contributed by atoms with Gasteiger partial charge in [-0.1, -0.05) is 29.8 Å². The molecule has 0 aliphatic rings. The van der Waals surface area contributed by atoms with Gasteiger partial charge in [0, 0.05) is 5.02 Å². The molecule has 0 aromatic heterocycles. The normalized spacial score (nSPS) is 6.78. The maximum atomic E-state index is 5.54. The van der Waals surface area contributed by atoms with Crippen LogP contribution in [0.3, 0.4) is 0 Å². The summed E-state index contributed by atoms with van der Waals surface area (Å²) in [6.07, 6.45) is 0. The minimum atomic E-state index is 0. The van der Waals surface area contributed by atoms with E-state index >= 15 is 0 Å². The molecule has 0 amide bonds. The van der Waals surface area contributed by atoms with Crippen LogP contribution in [-0.2, 0) is 0 Å². The van der Waals surface area contributed by atoms with Crippen LogP contribution in [0.2, 0.25) is 5.02 Å². The Morgan fingerprint density at radius 1 is 1.11 bits per heavy atom. The molecule has 0 saturated heterocycles. The fraction of sp³-hybridized carbons (Fsp3) is 0. The number of rotatable bonds is 0. The van der Waals surface area contributed by atoms with Gasteiger partial charge in [0.1, 0.15) is 0 Å². The second-order valence-electron chi connectivity index (χ2n) is 1.30. The first-order valence-electron chi connectivity index (χ1n) is 2.10. The SMILES string of the molecule is Cl.Clc1ccccc1.[H-].[H-].[Mg+2]. The molecule has 3 heteroatoms. The molecule has 48 valence electrons. The monoisotopic (exact) mass is 174 g/mol. The second-order valence-corrected chi connectivity index (χ2v) is 1.73. The average Bonchev–Trinajstić information content (AvgIpc) is 1.69. The Morgan fingerprint density at radius 2 is 1.56 bits per heavy atom. The predicted octanol–water partition coefficient (Wildman–Crippen LogP) is 2.61. The van der Waals surface area contributed by atoms with Gasteiger partial charge in [0.05, 0.1) is 0 Å². The van der Waals surface area contributed by atoms with Gasteiger partial charge in [-0.15, -0.1) is 12.4 Å². The number of hydrogen-bond donors (Lipinski definition) is 0. The van der Waals surface area contributed by atoms with E-state index in [1.807, 2.05) is 30.3 Å². The van der Waals surface area contributed by atoms with Gasteiger partial charge < -0.3 is 2.85 Å². The second kappa shape index (κ2) is 6.68. The van der Waals surface area contributed by atoms with Crippen molar-refractivity contribution in [2.75, 3.05) is 0 Å². The van der Waals surface area contributed by atoms with Gasteiger partial charge in [-0.05, 0) is 12.1 Å². The summed E-state index contributed by atoms with van der Waals surface area (Å²) in [5.41, 5.74) is 0. The van der Waals surface area contributed by atoms with Gasteiger partial charge in [-0.3, -0.25) is 0 Å². The minimum Gasteiger partial charge on any atom is -1.00 e. The van der Waals surface area contributed by atoms with Crippen molar-refractivity contribution in [2.45, 2.75) is 0 Å². The molecule has 1 aromatic rings. The quantitative estimate of drug-likeness (QED) is 0.532. The first-order valence-corrected chi connectivity index (χ1v) is 2.48. The molecule has 0 nitrogen and oxygen atoms in total. The van der Waals surface area contributed by atoms with Crippen molar-refractivity contribution in [1.29, 1.82) is 0 Å². The van der Waals surface area contributed by atoms with Crippen LogP contribution in [0, 0.1) is 0 Å².